The number of methoxy groups -OCH3 is 2. The number of nitrogens with zero attached hydrogens (tertiary/aromatic N) is 1. The first-order chi connectivity index (χ1) is 19.9. The molecular weight excluding hydrogens is 522 g/mol. The number of carbonyl (C=O) groups excluding carboxylic acids is 1. The van der Waals surface area contributed by atoms with Crippen molar-refractivity contribution < 1.29 is 33.6 Å². The molecule has 0 saturated carbocycles. The summed E-state index contributed by atoms with van der Waals surface area (Å²) in [5, 5.41) is 10.4. The van der Waals surface area contributed by atoms with Crippen molar-refractivity contribution in [1.82, 2.24) is 4.90 Å². The predicted molar refractivity (Wildman–Crippen MR) is 153 cm³/mol. The van der Waals surface area contributed by atoms with Crippen molar-refractivity contribution in [3.63, 3.8) is 0 Å². The van der Waals surface area contributed by atoms with E-state index in [9.17, 15) is 14.7 Å². The molecule has 210 valence electrons. The van der Waals surface area contributed by atoms with Crippen LogP contribution in [0.3, 0.4) is 0 Å². The smallest absolute Gasteiger partial charge is 0.313 e. The molecule has 1 aliphatic heterocycles. The van der Waals surface area contributed by atoms with Crippen LogP contribution in [0.1, 0.15) is 44.6 Å². The average molecular weight is 554 g/mol. The van der Waals surface area contributed by atoms with Crippen LogP contribution in [0.4, 0.5) is 0 Å². The summed E-state index contributed by atoms with van der Waals surface area (Å²) in [5.41, 5.74) is 3.19. The van der Waals surface area contributed by atoms with Gasteiger partial charge in [0, 0.05) is 12.6 Å². The van der Waals surface area contributed by atoms with Gasteiger partial charge in [-0.3, -0.25) is 9.59 Å². The second kappa shape index (κ2) is 12.0. The molecule has 1 amide bonds. The van der Waals surface area contributed by atoms with Crippen LogP contribution < -0.4 is 18.9 Å². The van der Waals surface area contributed by atoms with Gasteiger partial charge in [0.1, 0.15) is 19.1 Å². The summed E-state index contributed by atoms with van der Waals surface area (Å²) in [7, 11) is 4.54. The fraction of sp³-hybridized carbons (Fsp3) is 0.212. The van der Waals surface area contributed by atoms with Gasteiger partial charge in [0.2, 0.25) is 0 Å². The molecule has 0 aliphatic carbocycles. The number of aliphatic carboxylic acids is 1. The molecule has 0 radical (unpaired) electrons. The van der Waals surface area contributed by atoms with Crippen molar-refractivity contribution >= 4 is 11.9 Å². The van der Waals surface area contributed by atoms with Crippen molar-refractivity contribution in [2.75, 3.05) is 21.3 Å². The minimum absolute atomic E-state index is 0.261. The molecule has 4 aromatic rings. The molecule has 8 heteroatoms. The lowest BCUT2D eigenvalue weighted by Gasteiger charge is -2.39. The lowest BCUT2D eigenvalue weighted by atomic mass is 9.79. The molecule has 0 saturated heterocycles. The number of benzene rings is 4. The Bertz CT molecular complexity index is 1540. The van der Waals surface area contributed by atoms with E-state index in [1.807, 2.05) is 60.7 Å². The highest BCUT2D eigenvalue weighted by Gasteiger charge is 2.44. The Hall–Kier alpha value is -4.98. The highest BCUT2D eigenvalue weighted by molar-refractivity contribution is 6.01. The van der Waals surface area contributed by atoms with Crippen LogP contribution in [0.5, 0.6) is 23.0 Å². The number of carbonyl (C=O) groups is 2. The van der Waals surface area contributed by atoms with Gasteiger partial charge in [0.05, 0.1) is 20.3 Å². The molecular formula is C33H31NO7. The van der Waals surface area contributed by atoms with Crippen LogP contribution in [-0.4, -0.2) is 43.2 Å². The third kappa shape index (κ3) is 5.68. The van der Waals surface area contributed by atoms with E-state index < -0.39 is 17.9 Å². The summed E-state index contributed by atoms with van der Waals surface area (Å²) in [5.74, 6) is -0.788. The summed E-state index contributed by atoms with van der Waals surface area (Å²) in [6.07, 6.45) is 0. The monoisotopic (exact) mass is 553 g/mol. The maximum absolute atomic E-state index is 13.5. The minimum Gasteiger partial charge on any atom is -0.493 e. The molecule has 0 bridgehead atoms. The molecule has 0 spiro atoms. The van der Waals surface area contributed by atoms with Gasteiger partial charge in [-0.05, 0) is 46.5 Å². The van der Waals surface area contributed by atoms with Gasteiger partial charge in [-0.15, -0.1) is 0 Å². The standard InChI is InChI=1S/C33H31NO7/c1-34-31(30(33(36)37)24-17-27(38-2)28(39-3)18-25(24)32(34)35)23-14-15-26(40-19-21-10-6-4-7-11-21)29(16-23)41-20-22-12-8-5-9-13-22/h4-18,30-31H,19-20H2,1-3H3,(H,36,37)/t30-,31-/m0/s1. The number of rotatable bonds is 10. The Kier molecular flexibility index (Phi) is 8.10. The van der Waals surface area contributed by atoms with Crippen LogP contribution in [0, 0.1) is 0 Å². The molecule has 0 fully saturated rings. The Morgan fingerprint density at radius 3 is 1.88 bits per heavy atom. The van der Waals surface area contributed by atoms with E-state index in [0.717, 1.165) is 11.1 Å². The van der Waals surface area contributed by atoms with Crippen LogP contribution in [0.2, 0.25) is 0 Å². The van der Waals surface area contributed by atoms with Crippen molar-refractivity contribution in [2.45, 2.75) is 25.2 Å². The molecule has 1 heterocycles. The van der Waals surface area contributed by atoms with Gasteiger partial charge in [-0.2, -0.15) is 0 Å². The maximum atomic E-state index is 13.5. The topological polar surface area (TPSA) is 94.5 Å². The average Bonchev–Trinajstić information content (AvgIpc) is 3.01. The lowest BCUT2D eigenvalue weighted by molar-refractivity contribution is -0.140. The van der Waals surface area contributed by atoms with E-state index in [2.05, 4.69) is 0 Å². The van der Waals surface area contributed by atoms with E-state index in [4.69, 9.17) is 18.9 Å². The molecule has 4 aromatic carbocycles. The largest absolute Gasteiger partial charge is 0.493 e. The first kappa shape index (κ1) is 27.6. The zero-order valence-electron chi connectivity index (χ0n) is 23.1. The second-order valence-corrected chi connectivity index (χ2v) is 9.73. The number of hydrogen-bond acceptors (Lipinski definition) is 6. The fourth-order valence-corrected chi connectivity index (χ4v) is 5.14. The van der Waals surface area contributed by atoms with Gasteiger partial charge < -0.3 is 29.0 Å². The van der Waals surface area contributed by atoms with Crippen LogP contribution in [0.15, 0.2) is 91.0 Å². The summed E-state index contributed by atoms with van der Waals surface area (Å²) >= 11 is 0. The quantitative estimate of drug-likeness (QED) is 0.263. The van der Waals surface area contributed by atoms with Gasteiger partial charge in [0.15, 0.2) is 23.0 Å². The fourth-order valence-electron chi connectivity index (χ4n) is 5.14. The summed E-state index contributed by atoms with van der Waals surface area (Å²) in [6.45, 7) is 0.615. The minimum atomic E-state index is -1.07. The molecule has 0 unspecified atom stereocenters. The van der Waals surface area contributed by atoms with E-state index in [0.29, 0.717) is 40.7 Å². The van der Waals surface area contributed by atoms with Gasteiger partial charge in [-0.1, -0.05) is 66.7 Å². The van der Waals surface area contributed by atoms with Crippen molar-refractivity contribution in [1.29, 1.82) is 0 Å². The predicted octanol–water partition coefficient (Wildman–Crippen LogP) is 5.86. The third-order valence-corrected chi connectivity index (χ3v) is 7.22. The zero-order valence-corrected chi connectivity index (χ0v) is 23.1. The van der Waals surface area contributed by atoms with Gasteiger partial charge in [-0.25, -0.2) is 0 Å². The van der Waals surface area contributed by atoms with Crippen molar-refractivity contribution in [3.05, 3.63) is 119 Å². The first-order valence-electron chi connectivity index (χ1n) is 13.1. The summed E-state index contributed by atoms with van der Waals surface area (Å²) < 4.78 is 23.2. The highest BCUT2D eigenvalue weighted by atomic mass is 16.5. The SMILES string of the molecule is COc1cc2c(cc1OC)[C@H](C(=O)O)[C@H](c1ccc(OCc3ccccc3)c(OCc3ccccc3)c1)N(C)C2=O. The van der Waals surface area contributed by atoms with E-state index in [1.54, 1.807) is 31.3 Å². The second-order valence-electron chi connectivity index (χ2n) is 9.73. The molecule has 1 N–H and O–H groups in total. The van der Waals surface area contributed by atoms with E-state index >= 15 is 0 Å². The number of hydrogen-bond donors (Lipinski definition) is 1. The Morgan fingerprint density at radius 2 is 1.32 bits per heavy atom. The molecule has 8 nitrogen and oxygen atoms in total. The van der Waals surface area contributed by atoms with E-state index in [1.165, 1.54) is 25.2 Å². The number of carboxylic acid groups (broad SMARTS) is 1. The van der Waals surface area contributed by atoms with Crippen molar-refractivity contribution in [3.8, 4) is 23.0 Å². The molecule has 2 atom stereocenters. The number of ether oxygens (including phenoxy) is 4. The van der Waals surface area contributed by atoms with E-state index in [-0.39, 0.29) is 18.1 Å². The number of carboxylic acids is 1. The van der Waals surface area contributed by atoms with Crippen LogP contribution >= 0.6 is 0 Å². The lowest BCUT2D eigenvalue weighted by Crippen LogP contribution is -2.42. The zero-order chi connectivity index (χ0) is 28.9. The molecule has 1 aliphatic rings. The number of fused-ring (bicyclic) bond motifs is 1. The number of likely N-dealkylation sites (N-methyl/N-ethyl adjacent to an activating group) is 1. The Labute approximate surface area is 238 Å². The Balaban J connectivity index is 1.55. The third-order valence-electron chi connectivity index (χ3n) is 7.22. The summed E-state index contributed by atoms with van der Waals surface area (Å²) in [4.78, 5) is 27.8. The normalized spacial score (nSPS) is 16.1. The van der Waals surface area contributed by atoms with Crippen molar-refractivity contribution in [2.24, 2.45) is 0 Å². The van der Waals surface area contributed by atoms with Gasteiger partial charge in [0.25, 0.3) is 5.91 Å². The number of amides is 1. The molecule has 0 aromatic heterocycles. The molecule has 41 heavy (non-hydrogen) atoms. The molecule has 5 rings (SSSR count). The highest BCUT2D eigenvalue weighted by Crippen LogP contribution is 2.47. The van der Waals surface area contributed by atoms with Gasteiger partial charge >= 0.3 is 5.97 Å². The summed E-state index contributed by atoms with van der Waals surface area (Å²) in [6, 6.07) is 27.1. The first-order valence-corrected chi connectivity index (χ1v) is 13.1. The Morgan fingerprint density at radius 1 is 0.756 bits per heavy atom. The van der Waals surface area contributed by atoms with Crippen LogP contribution in [-0.2, 0) is 18.0 Å². The van der Waals surface area contributed by atoms with Crippen LogP contribution in [0.25, 0.3) is 0 Å². The maximum Gasteiger partial charge on any atom is 0.313 e.